The molecule has 33 heavy (non-hydrogen) atoms. The minimum Gasteiger partial charge on any atom is -0.497 e. The third kappa shape index (κ3) is 6.74. The van der Waals surface area contributed by atoms with Gasteiger partial charge in [0.1, 0.15) is 16.4 Å². The molecule has 0 radical (unpaired) electrons. The van der Waals surface area contributed by atoms with Gasteiger partial charge < -0.3 is 20.1 Å². The highest BCUT2D eigenvalue weighted by atomic mass is 35.5. The Morgan fingerprint density at radius 1 is 1.00 bits per heavy atom. The maximum Gasteiger partial charge on any atom is 0.263 e. The van der Waals surface area contributed by atoms with Crippen molar-refractivity contribution in [1.29, 1.82) is 0 Å². The van der Waals surface area contributed by atoms with E-state index in [0.29, 0.717) is 28.8 Å². The van der Waals surface area contributed by atoms with Crippen LogP contribution in [0.2, 0.25) is 5.02 Å². The normalized spacial score (nSPS) is 10.9. The molecule has 0 aliphatic carbocycles. The van der Waals surface area contributed by atoms with E-state index >= 15 is 0 Å². The van der Waals surface area contributed by atoms with Gasteiger partial charge in [0, 0.05) is 12.2 Å². The summed E-state index contributed by atoms with van der Waals surface area (Å²) in [6.45, 7) is 0.603. The first-order valence-corrected chi connectivity index (χ1v) is 12.2. The summed E-state index contributed by atoms with van der Waals surface area (Å²) >= 11 is 11.5. The summed E-state index contributed by atoms with van der Waals surface area (Å²) in [5.74, 6) is 1.20. The lowest BCUT2D eigenvalue weighted by Crippen LogP contribution is -2.30. The lowest BCUT2D eigenvalue weighted by Gasteiger charge is -2.15. The van der Waals surface area contributed by atoms with Crippen molar-refractivity contribution in [3.8, 4) is 11.5 Å². The van der Waals surface area contributed by atoms with Gasteiger partial charge in [0.05, 0.1) is 24.9 Å². The van der Waals surface area contributed by atoms with Gasteiger partial charge in [-0.25, -0.2) is 8.42 Å². The molecular weight excluding hydrogens is 482 g/mol. The number of rotatable bonds is 9. The third-order valence-corrected chi connectivity index (χ3v) is 6.78. The summed E-state index contributed by atoms with van der Waals surface area (Å²) < 4.78 is 38.8. The summed E-state index contributed by atoms with van der Waals surface area (Å²) in [4.78, 5) is -0.0823. The molecule has 174 valence electrons. The molecule has 0 atom stereocenters. The number of anilines is 2. The summed E-state index contributed by atoms with van der Waals surface area (Å²) in [5.41, 5.74) is 1.93. The molecule has 0 saturated heterocycles. The molecule has 3 rings (SSSR count). The van der Waals surface area contributed by atoms with Crippen LogP contribution in [-0.4, -0.2) is 34.3 Å². The zero-order valence-corrected chi connectivity index (χ0v) is 20.5. The van der Waals surface area contributed by atoms with Crippen LogP contribution in [0.15, 0.2) is 71.6 Å². The number of hydrogen-bond donors (Lipinski definition) is 3. The zero-order chi connectivity index (χ0) is 23.8. The second-order valence-electron chi connectivity index (χ2n) is 6.93. The van der Waals surface area contributed by atoms with Crippen molar-refractivity contribution in [3.63, 3.8) is 0 Å². The fraction of sp³-hybridized carbons (Fsp3) is 0.174. The molecule has 0 heterocycles. The van der Waals surface area contributed by atoms with Crippen LogP contribution in [0.5, 0.6) is 11.5 Å². The van der Waals surface area contributed by atoms with Gasteiger partial charge in [-0.1, -0.05) is 35.9 Å². The lowest BCUT2D eigenvalue weighted by atomic mass is 10.1. The molecule has 3 aromatic carbocycles. The van der Waals surface area contributed by atoms with E-state index in [-0.39, 0.29) is 9.92 Å². The summed E-state index contributed by atoms with van der Waals surface area (Å²) in [6, 6.07) is 19.1. The Hall–Kier alpha value is -3.01. The molecule has 0 amide bonds. The molecular formula is C23H24ClN3O4S2. The molecule has 10 heteroatoms. The third-order valence-electron chi connectivity index (χ3n) is 4.69. The van der Waals surface area contributed by atoms with Crippen LogP contribution in [0.4, 0.5) is 11.4 Å². The number of methoxy groups -OCH3 is 2. The highest BCUT2D eigenvalue weighted by Gasteiger charge is 2.20. The average molecular weight is 506 g/mol. The predicted octanol–water partition coefficient (Wildman–Crippen LogP) is 4.69. The van der Waals surface area contributed by atoms with Gasteiger partial charge >= 0.3 is 0 Å². The van der Waals surface area contributed by atoms with E-state index in [4.69, 9.17) is 33.3 Å². The first-order chi connectivity index (χ1) is 15.8. The topological polar surface area (TPSA) is 88.7 Å². The van der Waals surface area contributed by atoms with E-state index in [2.05, 4.69) is 15.4 Å². The van der Waals surface area contributed by atoms with Crippen LogP contribution in [0.3, 0.4) is 0 Å². The minimum atomic E-state index is -3.97. The number of ether oxygens (including phenoxy) is 2. The van der Waals surface area contributed by atoms with Crippen LogP contribution in [0.25, 0.3) is 0 Å². The maximum absolute atomic E-state index is 13.0. The van der Waals surface area contributed by atoms with Crippen LogP contribution >= 0.6 is 23.8 Å². The van der Waals surface area contributed by atoms with Crippen molar-refractivity contribution in [3.05, 3.63) is 77.3 Å². The SMILES string of the molecule is COc1ccc(CCNC(=S)Nc2ccc(Cl)c(S(=O)(=O)Nc3ccccc3OC)c2)cc1. The number of para-hydroxylation sites is 2. The Morgan fingerprint density at radius 3 is 2.42 bits per heavy atom. The van der Waals surface area contributed by atoms with Crippen LogP contribution in [-0.2, 0) is 16.4 Å². The van der Waals surface area contributed by atoms with Crippen molar-refractivity contribution in [2.24, 2.45) is 0 Å². The fourth-order valence-corrected chi connectivity index (χ4v) is 4.82. The van der Waals surface area contributed by atoms with Gasteiger partial charge in [-0.3, -0.25) is 4.72 Å². The van der Waals surface area contributed by atoms with Gasteiger partial charge in [0.15, 0.2) is 5.11 Å². The molecule has 0 aromatic heterocycles. The van der Waals surface area contributed by atoms with E-state index in [1.807, 2.05) is 24.3 Å². The second-order valence-corrected chi connectivity index (χ2v) is 9.40. The van der Waals surface area contributed by atoms with E-state index in [1.165, 1.54) is 19.2 Å². The van der Waals surface area contributed by atoms with E-state index < -0.39 is 10.0 Å². The van der Waals surface area contributed by atoms with Crippen LogP contribution in [0, 0.1) is 0 Å². The molecule has 0 saturated carbocycles. The highest BCUT2D eigenvalue weighted by molar-refractivity contribution is 7.92. The summed E-state index contributed by atoms with van der Waals surface area (Å²) in [6.07, 6.45) is 0.759. The molecule has 0 spiro atoms. The average Bonchev–Trinajstić information content (AvgIpc) is 2.81. The molecule has 0 aliphatic rings. The molecule has 0 unspecified atom stereocenters. The van der Waals surface area contributed by atoms with Crippen molar-refractivity contribution < 1.29 is 17.9 Å². The largest absolute Gasteiger partial charge is 0.497 e. The summed E-state index contributed by atoms with van der Waals surface area (Å²) in [5, 5.41) is 6.56. The second kappa shape index (κ2) is 11.2. The van der Waals surface area contributed by atoms with Gasteiger partial charge in [0.2, 0.25) is 0 Å². The lowest BCUT2D eigenvalue weighted by molar-refractivity contribution is 0.414. The van der Waals surface area contributed by atoms with Gasteiger partial charge in [-0.05, 0) is 66.7 Å². The Kier molecular flexibility index (Phi) is 8.37. The van der Waals surface area contributed by atoms with Gasteiger partial charge in [-0.2, -0.15) is 0 Å². The minimum absolute atomic E-state index is 0.0823. The Bertz CT molecular complexity index is 1220. The fourth-order valence-electron chi connectivity index (χ4n) is 3.00. The number of sulfonamides is 1. The smallest absolute Gasteiger partial charge is 0.263 e. The zero-order valence-electron chi connectivity index (χ0n) is 18.1. The highest BCUT2D eigenvalue weighted by Crippen LogP contribution is 2.30. The Morgan fingerprint density at radius 2 is 1.73 bits per heavy atom. The van der Waals surface area contributed by atoms with E-state index in [1.54, 1.807) is 37.4 Å². The van der Waals surface area contributed by atoms with E-state index in [9.17, 15) is 8.42 Å². The first-order valence-electron chi connectivity index (χ1n) is 9.95. The molecule has 3 N–H and O–H groups in total. The standard InChI is InChI=1S/C23H24ClN3O4S2/c1-30-18-10-7-16(8-11-18)13-14-25-23(32)26-17-9-12-19(24)22(15-17)33(28,29)27-20-5-3-4-6-21(20)31-2/h3-12,15,27H,13-14H2,1-2H3,(H2,25,26,32). The van der Waals surface area contributed by atoms with Crippen molar-refractivity contribution in [1.82, 2.24) is 5.32 Å². The molecule has 3 aromatic rings. The van der Waals surface area contributed by atoms with E-state index in [0.717, 1.165) is 17.7 Å². The number of halogens is 1. The Labute approximate surface area is 204 Å². The number of nitrogens with one attached hydrogen (secondary N) is 3. The molecule has 0 aliphatic heterocycles. The van der Waals surface area contributed by atoms with Crippen LogP contribution in [0.1, 0.15) is 5.56 Å². The van der Waals surface area contributed by atoms with Crippen LogP contribution < -0.4 is 24.8 Å². The number of benzene rings is 3. The van der Waals surface area contributed by atoms with Gasteiger partial charge in [0.25, 0.3) is 10.0 Å². The van der Waals surface area contributed by atoms with Crippen molar-refractivity contribution in [2.75, 3.05) is 30.8 Å². The monoisotopic (exact) mass is 505 g/mol. The molecule has 7 nitrogen and oxygen atoms in total. The molecule has 0 fully saturated rings. The molecule has 0 bridgehead atoms. The number of hydrogen-bond acceptors (Lipinski definition) is 5. The first kappa shape index (κ1) is 24.6. The van der Waals surface area contributed by atoms with Gasteiger partial charge in [-0.15, -0.1) is 0 Å². The quantitative estimate of drug-likeness (QED) is 0.364. The maximum atomic E-state index is 13.0. The van der Waals surface area contributed by atoms with Crippen molar-refractivity contribution >= 4 is 50.3 Å². The number of thiocarbonyl (C=S) groups is 1. The van der Waals surface area contributed by atoms with Crippen molar-refractivity contribution in [2.45, 2.75) is 11.3 Å². The Balaban J connectivity index is 1.64. The summed E-state index contributed by atoms with van der Waals surface area (Å²) in [7, 11) is -0.876. The predicted molar refractivity (Wildman–Crippen MR) is 136 cm³/mol.